The monoisotopic (exact) mass is 1250 g/mol. The molecule has 0 saturated carbocycles. The summed E-state index contributed by atoms with van der Waals surface area (Å²) < 4.78 is 44.0. The minimum Gasteiger partial charge on any atom is -0.476 e. The molecule has 4 aromatic carbocycles. The van der Waals surface area contributed by atoms with Crippen molar-refractivity contribution >= 4 is 53.0 Å². The fourth-order valence-corrected chi connectivity index (χ4v) is 7.78. The number of carbonyl (C=O) groups excluding carboxylic acids is 4. The summed E-state index contributed by atoms with van der Waals surface area (Å²) in [5, 5.41) is 53.9. The van der Waals surface area contributed by atoms with Crippen LogP contribution in [0.15, 0.2) is 141 Å². The number of amides is 1. The lowest BCUT2D eigenvalue weighted by Crippen LogP contribution is -2.41. The molecular formula is C59H67Cl2F2N11O13. The smallest absolute Gasteiger partial charge is 0.360 e. The van der Waals surface area contributed by atoms with Crippen molar-refractivity contribution in [2.24, 2.45) is 5.73 Å². The first kappa shape index (κ1) is 70.3. The molecule has 24 nitrogen and oxygen atoms in total. The van der Waals surface area contributed by atoms with Crippen molar-refractivity contribution in [1.29, 1.82) is 0 Å². The lowest BCUT2D eigenvalue weighted by molar-refractivity contribution is -0.154. The van der Waals surface area contributed by atoms with E-state index in [9.17, 15) is 43.0 Å². The summed E-state index contributed by atoms with van der Waals surface area (Å²) in [7, 11) is 0. The van der Waals surface area contributed by atoms with E-state index in [2.05, 4.69) is 56.0 Å². The predicted octanol–water partition coefficient (Wildman–Crippen LogP) is 6.96. The van der Waals surface area contributed by atoms with Crippen LogP contribution in [0.25, 0.3) is 22.3 Å². The maximum Gasteiger partial charge on any atom is 0.360 e. The summed E-state index contributed by atoms with van der Waals surface area (Å²) in [5.74, 6) is -4.30. The third-order valence-electron chi connectivity index (χ3n) is 11.5. The van der Waals surface area contributed by atoms with Gasteiger partial charge in [0.1, 0.15) is 37.2 Å². The molecule has 3 heterocycles. The fraction of sp³-hybridized carbons (Fsp3) is 0.305. The molecule has 7 rings (SSSR count). The first-order valence-electron chi connectivity index (χ1n) is 26.8. The molecule has 1 amide bonds. The Morgan fingerprint density at radius 2 is 1.10 bits per heavy atom. The Morgan fingerprint density at radius 1 is 0.632 bits per heavy atom. The number of aromatic nitrogens is 9. The van der Waals surface area contributed by atoms with Gasteiger partial charge in [0.25, 0.3) is 5.91 Å². The molecular weight excluding hydrogens is 1180 g/mol. The van der Waals surface area contributed by atoms with Crippen molar-refractivity contribution < 1.29 is 72.0 Å². The van der Waals surface area contributed by atoms with Crippen LogP contribution in [0, 0.1) is 11.6 Å². The molecule has 7 aromatic rings. The number of aryl methyl sites for hydroxylation is 1. The van der Waals surface area contributed by atoms with Crippen molar-refractivity contribution in [1.82, 2.24) is 50.6 Å². The van der Waals surface area contributed by atoms with Crippen LogP contribution in [0.4, 0.5) is 8.78 Å². The Kier molecular flexibility index (Phi) is 30.1. The number of carbonyl (C=O) groups is 5. The number of aromatic carboxylic acids is 1. The summed E-state index contributed by atoms with van der Waals surface area (Å²) in [6, 6.07) is 22.1. The first-order valence-corrected chi connectivity index (χ1v) is 27.6. The van der Waals surface area contributed by atoms with Gasteiger partial charge < -0.3 is 50.3 Å². The molecule has 0 spiro atoms. The highest BCUT2D eigenvalue weighted by atomic mass is 35.5. The molecule has 0 radical (unpaired) electrons. The zero-order valence-corrected chi connectivity index (χ0v) is 49.3. The Balaban J connectivity index is 0.000000273. The van der Waals surface area contributed by atoms with E-state index in [1.54, 1.807) is 81.5 Å². The summed E-state index contributed by atoms with van der Waals surface area (Å²) in [5.41, 5.74) is 9.95. The van der Waals surface area contributed by atoms with E-state index in [-0.39, 0.29) is 55.6 Å². The number of carboxylic acid groups (broad SMARTS) is 1. The molecule has 464 valence electrons. The van der Waals surface area contributed by atoms with Gasteiger partial charge in [0.05, 0.1) is 26.0 Å². The predicted molar refractivity (Wildman–Crippen MR) is 316 cm³/mol. The molecule has 0 aliphatic rings. The van der Waals surface area contributed by atoms with E-state index in [0.29, 0.717) is 71.3 Å². The largest absolute Gasteiger partial charge is 0.476 e. The number of aliphatic hydroxyl groups excluding tert-OH is 2. The van der Waals surface area contributed by atoms with Crippen LogP contribution >= 0.6 is 23.2 Å². The summed E-state index contributed by atoms with van der Waals surface area (Å²) >= 11 is 11.9. The number of allylic oxidation sites excluding steroid dienone is 1. The topological polar surface area (TPSA) is 322 Å². The van der Waals surface area contributed by atoms with Gasteiger partial charge in [0.15, 0.2) is 29.3 Å². The zero-order chi connectivity index (χ0) is 63.8. The molecule has 87 heavy (non-hydrogen) atoms. The van der Waals surface area contributed by atoms with E-state index < -0.39 is 59.9 Å². The quantitative estimate of drug-likeness (QED) is 0.0188. The first-order chi connectivity index (χ1) is 41.7. The van der Waals surface area contributed by atoms with Crippen LogP contribution in [-0.2, 0) is 43.2 Å². The standard InChI is InChI=1S/C26H28ClFN4O4.C19H21ClFNO3.C8H11N3O3.C6H7N3O3/c1-3-5-12-32-16-23(30-31-32)25(34)29-20(15-24(33)26(35)36-4-2)13-17-6-8-18(9-7-17)21-14-19(27)10-11-22(21)28;1-2-25-19(24)18(23)11-15(22)9-12-3-5-13(6-4-12)16-10-14(20)7-8-17(16)21;1-3-5-14-11-6-7(9-10-11)8(12)13-4-2;1-2-3-12-9-4-5(6(10)11)7-8-9/h3,6-11,14,16,20,24,33H,1,4-5,12-13,15H2,2H3,(H,29,34);3-8,10,15,18,23H,2,9,11,22H2,1H3;3,6H,1,4-5H2,2H3;2,4H,1,3H2,(H,10,11)/t20-,24-;15-,18-;;/m11../s1. The van der Waals surface area contributed by atoms with Gasteiger partial charge in [-0.2, -0.15) is 0 Å². The number of nitrogens with one attached hydrogen (secondary N) is 1. The maximum absolute atomic E-state index is 14.2. The highest BCUT2D eigenvalue weighted by molar-refractivity contribution is 6.31. The van der Waals surface area contributed by atoms with E-state index >= 15 is 0 Å². The van der Waals surface area contributed by atoms with Crippen molar-refractivity contribution in [3.63, 3.8) is 0 Å². The average Bonchev–Trinajstić information content (AvgIpc) is 3.31. The second-order valence-corrected chi connectivity index (χ2v) is 19.0. The lowest BCUT2D eigenvalue weighted by Gasteiger charge is -2.21. The van der Waals surface area contributed by atoms with Crippen LogP contribution < -0.4 is 20.7 Å². The molecule has 0 saturated heterocycles. The van der Waals surface area contributed by atoms with Crippen LogP contribution in [0.1, 0.15) is 82.6 Å². The zero-order valence-electron chi connectivity index (χ0n) is 47.8. The third-order valence-corrected chi connectivity index (χ3v) is 12.0. The number of hydrogen-bond acceptors (Lipinski definition) is 19. The minimum atomic E-state index is -1.42. The number of esters is 3. The van der Waals surface area contributed by atoms with E-state index in [4.69, 9.17) is 57.9 Å². The van der Waals surface area contributed by atoms with E-state index in [1.807, 2.05) is 12.1 Å². The third kappa shape index (κ3) is 24.4. The summed E-state index contributed by atoms with van der Waals surface area (Å²) in [6.45, 7) is 17.3. The van der Waals surface area contributed by atoms with Gasteiger partial charge in [-0.1, -0.05) is 118 Å². The van der Waals surface area contributed by atoms with Gasteiger partial charge in [0.2, 0.25) is 0 Å². The Hall–Kier alpha value is -9.21. The number of ether oxygens (including phenoxy) is 3. The number of aliphatic hydroxyl groups is 2. The molecule has 0 unspecified atom stereocenters. The number of halogens is 4. The highest BCUT2D eigenvalue weighted by Crippen LogP contribution is 2.28. The van der Waals surface area contributed by atoms with Crippen LogP contribution in [-0.4, -0.2) is 148 Å². The van der Waals surface area contributed by atoms with Gasteiger partial charge in [0, 0.05) is 46.2 Å². The summed E-state index contributed by atoms with van der Waals surface area (Å²) in [4.78, 5) is 69.5. The van der Waals surface area contributed by atoms with E-state index in [1.165, 1.54) is 53.6 Å². The number of nitrogens with two attached hydrogens (primary N) is 1. The maximum atomic E-state index is 14.2. The number of carboxylic acids is 1. The van der Waals surface area contributed by atoms with Crippen LogP contribution in [0.5, 0.6) is 0 Å². The number of benzene rings is 4. The number of rotatable bonds is 28. The molecule has 0 aliphatic carbocycles. The minimum absolute atomic E-state index is 0.0696. The molecule has 28 heteroatoms. The van der Waals surface area contributed by atoms with E-state index in [0.717, 1.165) is 20.8 Å². The van der Waals surface area contributed by atoms with Gasteiger partial charge in [-0.25, -0.2) is 28.0 Å². The number of hydrogen-bond donors (Lipinski definition) is 5. The second-order valence-electron chi connectivity index (χ2n) is 18.1. The van der Waals surface area contributed by atoms with Crippen LogP contribution in [0.3, 0.4) is 0 Å². The fourth-order valence-electron chi connectivity index (χ4n) is 7.44. The van der Waals surface area contributed by atoms with Crippen LogP contribution in [0.2, 0.25) is 10.0 Å². The molecule has 3 aromatic heterocycles. The van der Waals surface area contributed by atoms with Gasteiger partial charge >= 0.3 is 23.9 Å². The van der Waals surface area contributed by atoms with Crippen molar-refractivity contribution in [2.45, 2.75) is 83.7 Å². The lowest BCUT2D eigenvalue weighted by atomic mass is 9.97. The second kappa shape index (κ2) is 37.3. The Labute approximate surface area is 509 Å². The highest BCUT2D eigenvalue weighted by Gasteiger charge is 2.26. The molecule has 0 bridgehead atoms. The average molecular weight is 1250 g/mol. The molecule has 0 aliphatic heterocycles. The van der Waals surface area contributed by atoms with Gasteiger partial charge in [-0.15, -0.1) is 21.9 Å². The normalized spacial score (nSPS) is 11.8. The van der Waals surface area contributed by atoms with Gasteiger partial charge in [-0.05, 0) is 116 Å². The molecule has 6 N–H and O–H groups in total. The Morgan fingerprint density at radius 3 is 1.57 bits per heavy atom. The number of nitrogens with zero attached hydrogens (tertiary/aromatic N) is 9. The van der Waals surface area contributed by atoms with Crippen molar-refractivity contribution in [3.05, 3.63) is 191 Å². The van der Waals surface area contributed by atoms with Crippen molar-refractivity contribution in [3.8, 4) is 22.3 Å². The van der Waals surface area contributed by atoms with Gasteiger partial charge in [-0.3, -0.25) is 9.48 Å². The molecule has 4 atom stereocenters. The molecule has 0 fully saturated rings. The van der Waals surface area contributed by atoms with Crippen molar-refractivity contribution in [2.75, 3.05) is 33.0 Å². The SMILES string of the molecule is C=CCCn1cc(C(=O)N[C@H](Cc2ccc(-c3cc(Cl)ccc3F)cc2)C[C@@H](O)C(=O)OCC)nn1.C=CCOn1cc(C(=O)O)nn1.C=CCOn1cc(C(=O)OCC)nn1.CCOC(=O)[C@H](O)C[C@H](N)Cc1ccc(-c2cc(Cl)ccc2F)cc1. The summed E-state index contributed by atoms with van der Waals surface area (Å²) in [6.07, 6.45) is 7.71. The Bertz CT molecular complexity index is 3350.